The molecule has 1 aromatic rings. The maximum absolute atomic E-state index is 13.4. The Kier molecular flexibility index (Phi) is 3.55. The van der Waals surface area contributed by atoms with Gasteiger partial charge in [-0.15, -0.1) is 0 Å². The summed E-state index contributed by atoms with van der Waals surface area (Å²) in [6.07, 6.45) is 0.312. The maximum Gasteiger partial charge on any atom is 0.221 e. The second-order valence-corrected chi connectivity index (χ2v) is 2.97. The maximum atomic E-state index is 13.4. The van der Waals surface area contributed by atoms with Gasteiger partial charge in [-0.3, -0.25) is 9.59 Å². The topological polar surface area (TPSA) is 55.4 Å². The lowest BCUT2D eigenvalue weighted by atomic mass is 10.1. The van der Waals surface area contributed by atoms with Gasteiger partial charge in [0.25, 0.3) is 0 Å². The number of carbonyl (C=O) groups is 2. The molecule has 0 radical (unpaired) electrons. The molecule has 4 nitrogen and oxygen atoms in total. The molecule has 0 spiro atoms. The van der Waals surface area contributed by atoms with Crippen LogP contribution in [0.5, 0.6) is 5.75 Å². The van der Waals surface area contributed by atoms with Gasteiger partial charge < -0.3 is 10.1 Å². The van der Waals surface area contributed by atoms with Crippen molar-refractivity contribution in [3.63, 3.8) is 0 Å². The molecule has 0 bridgehead atoms. The molecule has 0 saturated carbocycles. The normalized spacial score (nSPS) is 9.75. The molecule has 0 atom stereocenters. The summed E-state index contributed by atoms with van der Waals surface area (Å²) in [5.74, 6) is -3.63. The van der Waals surface area contributed by atoms with Crippen LogP contribution >= 0.6 is 0 Å². The molecule has 1 N–H and O–H groups in total. The van der Waals surface area contributed by atoms with Crippen LogP contribution in [0.25, 0.3) is 0 Å². The molecule has 1 aromatic carbocycles. The Morgan fingerprint density at radius 1 is 1.44 bits per heavy atom. The Bertz CT molecular complexity index is 446. The molecular weight excluding hydrogens is 220 g/mol. The molecule has 1 rings (SSSR count). The zero-order chi connectivity index (χ0) is 12.3. The van der Waals surface area contributed by atoms with Crippen molar-refractivity contribution in [1.29, 1.82) is 0 Å². The summed E-state index contributed by atoms with van der Waals surface area (Å²) in [5.41, 5.74) is -0.571. The highest BCUT2D eigenvalue weighted by Crippen LogP contribution is 2.29. The number of anilines is 1. The van der Waals surface area contributed by atoms with E-state index in [1.54, 1.807) is 0 Å². The highest BCUT2D eigenvalue weighted by molar-refractivity contribution is 5.91. The second kappa shape index (κ2) is 4.69. The second-order valence-electron chi connectivity index (χ2n) is 2.97. The van der Waals surface area contributed by atoms with E-state index in [-0.39, 0.29) is 5.56 Å². The molecule has 0 aliphatic rings. The Morgan fingerprint density at radius 3 is 2.50 bits per heavy atom. The first-order valence-electron chi connectivity index (χ1n) is 4.30. The number of rotatable bonds is 3. The van der Waals surface area contributed by atoms with Gasteiger partial charge in [0, 0.05) is 6.92 Å². The van der Waals surface area contributed by atoms with Crippen LogP contribution in [0, 0.1) is 11.6 Å². The third-order valence-corrected chi connectivity index (χ3v) is 1.83. The molecule has 86 valence electrons. The van der Waals surface area contributed by atoms with Gasteiger partial charge in [-0.25, -0.2) is 4.39 Å². The van der Waals surface area contributed by atoms with Crippen LogP contribution in [0.1, 0.15) is 17.3 Å². The van der Waals surface area contributed by atoms with Gasteiger partial charge in [-0.05, 0) is 6.07 Å². The fourth-order valence-corrected chi connectivity index (χ4v) is 1.20. The predicted octanol–water partition coefficient (Wildman–Crippen LogP) is 1.74. The standard InChI is InChI=1S/C10H9F2NO3/c1-5(15)13-7-3-6(4-14)10(16-2)9(12)8(7)11/h3-4H,1-2H3,(H,13,15). The van der Waals surface area contributed by atoms with Gasteiger partial charge >= 0.3 is 0 Å². The van der Waals surface area contributed by atoms with E-state index in [0.717, 1.165) is 20.1 Å². The monoisotopic (exact) mass is 229 g/mol. The first-order valence-corrected chi connectivity index (χ1v) is 4.30. The Labute approximate surface area is 90.2 Å². The summed E-state index contributed by atoms with van der Waals surface area (Å²) in [6, 6.07) is 1.01. The van der Waals surface area contributed by atoms with Gasteiger partial charge in [0.05, 0.1) is 18.4 Å². The summed E-state index contributed by atoms with van der Waals surface area (Å²) in [4.78, 5) is 21.3. The number of hydrogen-bond acceptors (Lipinski definition) is 3. The van der Waals surface area contributed by atoms with E-state index in [9.17, 15) is 18.4 Å². The highest BCUT2D eigenvalue weighted by Gasteiger charge is 2.19. The third-order valence-electron chi connectivity index (χ3n) is 1.83. The van der Waals surface area contributed by atoms with Crippen molar-refractivity contribution < 1.29 is 23.1 Å². The molecule has 0 aromatic heterocycles. The highest BCUT2D eigenvalue weighted by atomic mass is 19.2. The van der Waals surface area contributed by atoms with Crippen molar-refractivity contribution in [1.82, 2.24) is 0 Å². The van der Waals surface area contributed by atoms with Gasteiger partial charge in [0.15, 0.2) is 17.9 Å². The Hall–Kier alpha value is -1.98. The minimum Gasteiger partial charge on any atom is -0.493 e. The summed E-state index contributed by atoms with van der Waals surface area (Å²) >= 11 is 0. The lowest BCUT2D eigenvalue weighted by molar-refractivity contribution is -0.114. The van der Waals surface area contributed by atoms with Crippen LogP contribution in [-0.2, 0) is 4.79 Å². The van der Waals surface area contributed by atoms with Crippen LogP contribution in [0.3, 0.4) is 0 Å². The average Bonchev–Trinajstić information content (AvgIpc) is 2.24. The molecule has 0 aliphatic carbocycles. The van der Waals surface area contributed by atoms with E-state index in [2.05, 4.69) is 10.1 Å². The van der Waals surface area contributed by atoms with Crippen LogP contribution in [0.2, 0.25) is 0 Å². The minimum atomic E-state index is -1.31. The van der Waals surface area contributed by atoms with Gasteiger partial charge in [0.2, 0.25) is 11.7 Å². The van der Waals surface area contributed by atoms with Crippen molar-refractivity contribution in [2.75, 3.05) is 12.4 Å². The van der Waals surface area contributed by atoms with Crippen molar-refractivity contribution in [3.8, 4) is 5.75 Å². The fraction of sp³-hybridized carbons (Fsp3) is 0.200. The van der Waals surface area contributed by atoms with Crippen LogP contribution in [0.4, 0.5) is 14.5 Å². The van der Waals surface area contributed by atoms with E-state index in [4.69, 9.17) is 0 Å². The van der Waals surface area contributed by atoms with E-state index < -0.39 is 29.0 Å². The van der Waals surface area contributed by atoms with Crippen molar-refractivity contribution in [2.45, 2.75) is 6.92 Å². The third kappa shape index (κ3) is 2.16. The molecule has 1 amide bonds. The van der Waals surface area contributed by atoms with Gasteiger partial charge in [-0.1, -0.05) is 0 Å². The Morgan fingerprint density at radius 2 is 2.06 bits per heavy atom. The van der Waals surface area contributed by atoms with Crippen molar-refractivity contribution >= 4 is 17.9 Å². The van der Waals surface area contributed by atoms with Crippen LogP contribution in [-0.4, -0.2) is 19.3 Å². The smallest absolute Gasteiger partial charge is 0.221 e. The number of halogens is 2. The first kappa shape index (κ1) is 12.1. The number of ether oxygens (including phenoxy) is 1. The summed E-state index contributed by atoms with van der Waals surface area (Å²) < 4.78 is 31.2. The number of methoxy groups -OCH3 is 1. The summed E-state index contributed by atoms with van der Waals surface area (Å²) in [7, 11) is 1.11. The molecule has 0 aliphatic heterocycles. The van der Waals surface area contributed by atoms with E-state index in [0.29, 0.717) is 6.29 Å². The fourth-order valence-electron chi connectivity index (χ4n) is 1.20. The van der Waals surface area contributed by atoms with Crippen molar-refractivity contribution in [3.05, 3.63) is 23.3 Å². The van der Waals surface area contributed by atoms with Crippen LogP contribution < -0.4 is 10.1 Å². The minimum absolute atomic E-state index is 0.176. The lowest BCUT2D eigenvalue weighted by Crippen LogP contribution is -2.10. The summed E-state index contributed by atoms with van der Waals surface area (Å²) in [5, 5.41) is 2.07. The molecule has 0 heterocycles. The zero-order valence-corrected chi connectivity index (χ0v) is 8.64. The van der Waals surface area contributed by atoms with E-state index >= 15 is 0 Å². The van der Waals surface area contributed by atoms with Gasteiger partial charge in [0.1, 0.15) is 0 Å². The Balaban J connectivity index is 3.38. The number of carbonyl (C=O) groups excluding carboxylic acids is 2. The number of hydrogen-bond donors (Lipinski definition) is 1. The number of nitrogens with one attached hydrogen (secondary N) is 1. The molecular formula is C10H9F2NO3. The summed E-state index contributed by atoms with van der Waals surface area (Å²) in [6.45, 7) is 1.14. The molecule has 6 heteroatoms. The first-order chi connectivity index (χ1) is 7.51. The van der Waals surface area contributed by atoms with E-state index in [1.807, 2.05) is 0 Å². The van der Waals surface area contributed by atoms with E-state index in [1.165, 1.54) is 0 Å². The average molecular weight is 229 g/mol. The molecule has 0 fully saturated rings. The zero-order valence-electron chi connectivity index (χ0n) is 8.64. The molecule has 0 saturated heterocycles. The molecule has 0 unspecified atom stereocenters. The number of amides is 1. The predicted molar refractivity (Wildman–Crippen MR) is 52.6 cm³/mol. The van der Waals surface area contributed by atoms with Crippen molar-refractivity contribution in [2.24, 2.45) is 0 Å². The number of benzene rings is 1. The largest absolute Gasteiger partial charge is 0.493 e. The quantitative estimate of drug-likeness (QED) is 0.803. The lowest BCUT2D eigenvalue weighted by Gasteiger charge is -2.10. The number of aldehydes is 1. The van der Waals surface area contributed by atoms with Crippen LogP contribution in [0.15, 0.2) is 6.07 Å². The molecule has 16 heavy (non-hydrogen) atoms. The SMILES string of the molecule is COc1c(C=O)cc(NC(C)=O)c(F)c1F. The van der Waals surface area contributed by atoms with Gasteiger partial charge in [-0.2, -0.15) is 4.39 Å².